The first kappa shape index (κ1) is 17.9. The van der Waals surface area contributed by atoms with Crippen LogP contribution in [0.4, 0.5) is 0 Å². The van der Waals surface area contributed by atoms with Crippen LogP contribution in [0.3, 0.4) is 0 Å². The minimum Gasteiger partial charge on any atom is -0.389 e. The van der Waals surface area contributed by atoms with Crippen LogP contribution in [-0.2, 0) is 4.79 Å². The second-order valence-corrected chi connectivity index (χ2v) is 5.60. The van der Waals surface area contributed by atoms with E-state index in [2.05, 4.69) is 11.2 Å². The smallest absolute Gasteiger partial charge is 0.235 e. The molecule has 0 aliphatic heterocycles. The number of hydrogen-bond acceptors (Lipinski definition) is 3. The minimum absolute atomic E-state index is 0.0900. The lowest BCUT2D eigenvalue weighted by molar-refractivity contribution is -0.124. The molecule has 0 aliphatic rings. The molecule has 0 aliphatic carbocycles. The van der Waals surface area contributed by atoms with Crippen molar-refractivity contribution in [2.24, 2.45) is 0 Å². The molecule has 110 valence electrons. The Hall–Kier alpha value is -1.05. The number of amides is 1. The maximum atomic E-state index is 12.1. The Morgan fingerprint density at radius 3 is 2.16 bits per heavy atom. The summed E-state index contributed by atoms with van der Waals surface area (Å²) < 4.78 is 0. The molecule has 0 radical (unpaired) electrons. The Morgan fingerprint density at radius 1 is 1.32 bits per heavy atom. The first-order valence-corrected chi connectivity index (χ1v) is 6.95. The van der Waals surface area contributed by atoms with Crippen molar-refractivity contribution in [2.75, 3.05) is 19.6 Å². The van der Waals surface area contributed by atoms with Gasteiger partial charge in [-0.3, -0.25) is 9.69 Å². The highest BCUT2D eigenvalue weighted by Crippen LogP contribution is 2.13. The molecule has 0 unspecified atom stereocenters. The Morgan fingerprint density at radius 2 is 1.84 bits per heavy atom. The normalized spacial score (nSPS) is 12.3. The first-order valence-electron chi connectivity index (χ1n) is 6.95. The van der Waals surface area contributed by atoms with Crippen molar-refractivity contribution >= 4 is 5.91 Å². The van der Waals surface area contributed by atoms with Crippen LogP contribution in [0.25, 0.3) is 0 Å². The average molecular weight is 268 g/mol. The monoisotopic (exact) mass is 268 g/mol. The Bertz CT molecular complexity index is 322. The van der Waals surface area contributed by atoms with Gasteiger partial charge in [-0.15, -0.1) is 6.42 Å². The fourth-order valence-electron chi connectivity index (χ4n) is 2.00. The molecule has 2 N–H and O–H groups in total. The maximum Gasteiger partial charge on any atom is 0.235 e. The molecule has 4 heteroatoms. The molecule has 0 fully saturated rings. The SMILES string of the molecule is C#CC(CC)(CC)NC(=O)CN(CC)CC(C)(C)O. The van der Waals surface area contributed by atoms with Crippen molar-refractivity contribution < 1.29 is 9.90 Å². The molecule has 0 heterocycles. The fraction of sp³-hybridized carbons (Fsp3) is 0.800. The molecular formula is C15H28N2O2. The van der Waals surface area contributed by atoms with E-state index in [9.17, 15) is 9.90 Å². The van der Waals surface area contributed by atoms with E-state index in [-0.39, 0.29) is 12.5 Å². The van der Waals surface area contributed by atoms with Gasteiger partial charge in [-0.1, -0.05) is 26.7 Å². The lowest BCUT2D eigenvalue weighted by Crippen LogP contribution is -2.51. The molecule has 0 bridgehead atoms. The quantitative estimate of drug-likeness (QED) is 0.654. The molecule has 19 heavy (non-hydrogen) atoms. The Balaban J connectivity index is 4.56. The number of rotatable bonds is 8. The van der Waals surface area contributed by atoms with Crippen LogP contribution in [0.1, 0.15) is 47.5 Å². The standard InChI is InChI=1S/C15H28N2O2/c1-7-15(8-2,9-3)16-13(18)11-17(10-4)12-14(5,6)19/h1,19H,8-12H2,2-6H3,(H,16,18). The van der Waals surface area contributed by atoms with Crippen LogP contribution in [0.15, 0.2) is 0 Å². The van der Waals surface area contributed by atoms with Gasteiger partial charge in [-0.25, -0.2) is 0 Å². The van der Waals surface area contributed by atoms with Gasteiger partial charge in [-0.2, -0.15) is 0 Å². The van der Waals surface area contributed by atoms with Gasteiger partial charge < -0.3 is 10.4 Å². The van der Waals surface area contributed by atoms with E-state index in [0.717, 1.165) is 0 Å². The van der Waals surface area contributed by atoms with Crippen molar-refractivity contribution in [2.45, 2.75) is 58.6 Å². The Labute approximate surface area is 117 Å². The van der Waals surface area contributed by atoms with Gasteiger partial charge in [0.2, 0.25) is 5.91 Å². The second-order valence-electron chi connectivity index (χ2n) is 5.60. The number of aliphatic hydroxyl groups is 1. The van der Waals surface area contributed by atoms with Crippen LogP contribution in [0.5, 0.6) is 0 Å². The summed E-state index contributed by atoms with van der Waals surface area (Å²) in [6.45, 7) is 10.8. The van der Waals surface area contributed by atoms with E-state index in [1.807, 2.05) is 25.7 Å². The number of carbonyl (C=O) groups excluding carboxylic acids is 1. The third-order valence-electron chi connectivity index (χ3n) is 3.29. The van der Waals surface area contributed by atoms with Crippen LogP contribution in [0.2, 0.25) is 0 Å². The largest absolute Gasteiger partial charge is 0.389 e. The van der Waals surface area contributed by atoms with Gasteiger partial charge in [0.1, 0.15) is 5.54 Å². The Kier molecular flexibility index (Phi) is 7.10. The van der Waals surface area contributed by atoms with E-state index < -0.39 is 11.1 Å². The highest BCUT2D eigenvalue weighted by molar-refractivity contribution is 5.79. The van der Waals surface area contributed by atoms with Gasteiger partial charge >= 0.3 is 0 Å². The molecule has 1 amide bonds. The van der Waals surface area contributed by atoms with Gasteiger partial charge in [0.05, 0.1) is 12.1 Å². The fourth-order valence-corrected chi connectivity index (χ4v) is 2.00. The lowest BCUT2D eigenvalue weighted by atomic mass is 9.94. The van der Waals surface area contributed by atoms with E-state index in [4.69, 9.17) is 6.42 Å². The zero-order chi connectivity index (χ0) is 15.1. The third-order valence-corrected chi connectivity index (χ3v) is 3.29. The number of likely N-dealkylation sites (N-methyl/N-ethyl adjacent to an activating group) is 1. The van der Waals surface area contributed by atoms with Crippen LogP contribution in [-0.4, -0.2) is 46.7 Å². The second kappa shape index (κ2) is 7.52. The zero-order valence-electron chi connectivity index (χ0n) is 12.9. The number of carbonyl (C=O) groups is 1. The molecule has 0 aromatic carbocycles. The topological polar surface area (TPSA) is 52.6 Å². The van der Waals surface area contributed by atoms with Gasteiger partial charge in [-0.05, 0) is 33.2 Å². The van der Waals surface area contributed by atoms with Crippen LogP contribution >= 0.6 is 0 Å². The van der Waals surface area contributed by atoms with E-state index in [1.54, 1.807) is 13.8 Å². The minimum atomic E-state index is -0.811. The van der Waals surface area contributed by atoms with E-state index >= 15 is 0 Å². The van der Waals surface area contributed by atoms with Gasteiger partial charge in [0.15, 0.2) is 0 Å². The summed E-state index contributed by atoms with van der Waals surface area (Å²) in [6.07, 6.45) is 6.95. The van der Waals surface area contributed by atoms with Crippen molar-refractivity contribution in [1.29, 1.82) is 0 Å². The summed E-state index contributed by atoms with van der Waals surface area (Å²) in [5, 5.41) is 12.7. The molecule has 0 aromatic heterocycles. The third kappa shape index (κ3) is 6.60. The molecule has 0 aromatic rings. The summed E-state index contributed by atoms with van der Waals surface area (Å²) in [5.41, 5.74) is -1.36. The summed E-state index contributed by atoms with van der Waals surface area (Å²) in [5.74, 6) is 2.60. The van der Waals surface area contributed by atoms with Crippen molar-refractivity contribution in [3.8, 4) is 12.3 Å². The maximum absolute atomic E-state index is 12.1. The van der Waals surface area contributed by atoms with Crippen LogP contribution in [0, 0.1) is 12.3 Å². The van der Waals surface area contributed by atoms with Crippen LogP contribution < -0.4 is 5.32 Å². The summed E-state index contributed by atoms with van der Waals surface area (Å²) in [7, 11) is 0. The molecule has 0 saturated carbocycles. The van der Waals surface area contributed by atoms with Gasteiger partial charge in [0, 0.05) is 6.54 Å². The molecule has 0 atom stereocenters. The number of nitrogens with zero attached hydrogens (tertiary/aromatic N) is 1. The molecule has 0 spiro atoms. The summed E-state index contributed by atoms with van der Waals surface area (Å²) in [6, 6.07) is 0. The molecule has 0 saturated heterocycles. The summed E-state index contributed by atoms with van der Waals surface area (Å²) >= 11 is 0. The average Bonchev–Trinajstić information content (AvgIpc) is 2.33. The van der Waals surface area contributed by atoms with Crippen molar-refractivity contribution in [3.05, 3.63) is 0 Å². The van der Waals surface area contributed by atoms with E-state index in [1.165, 1.54) is 0 Å². The lowest BCUT2D eigenvalue weighted by Gasteiger charge is -2.31. The number of terminal acetylenes is 1. The first-order chi connectivity index (χ1) is 8.71. The molecular weight excluding hydrogens is 240 g/mol. The summed E-state index contributed by atoms with van der Waals surface area (Å²) in [4.78, 5) is 14.0. The number of hydrogen-bond donors (Lipinski definition) is 2. The highest BCUT2D eigenvalue weighted by atomic mass is 16.3. The highest BCUT2D eigenvalue weighted by Gasteiger charge is 2.26. The molecule has 0 rings (SSSR count). The van der Waals surface area contributed by atoms with E-state index in [0.29, 0.717) is 25.9 Å². The van der Waals surface area contributed by atoms with Crippen molar-refractivity contribution in [1.82, 2.24) is 10.2 Å². The van der Waals surface area contributed by atoms with Crippen molar-refractivity contribution in [3.63, 3.8) is 0 Å². The van der Waals surface area contributed by atoms with Gasteiger partial charge in [0.25, 0.3) is 0 Å². The zero-order valence-corrected chi connectivity index (χ0v) is 12.9. The number of nitrogens with one attached hydrogen (secondary N) is 1. The predicted molar refractivity (Wildman–Crippen MR) is 78.7 cm³/mol. The predicted octanol–water partition coefficient (Wildman–Crippen LogP) is 1.39. The molecule has 4 nitrogen and oxygen atoms in total.